The molecule has 20 heavy (non-hydrogen) atoms. The third-order valence-electron chi connectivity index (χ3n) is 2.88. The van der Waals surface area contributed by atoms with Crippen molar-refractivity contribution in [2.45, 2.75) is 19.9 Å². The molecule has 108 valence electrons. The summed E-state index contributed by atoms with van der Waals surface area (Å²) in [4.78, 5) is 4.05. The van der Waals surface area contributed by atoms with Gasteiger partial charge in [-0.05, 0) is 24.6 Å². The average Bonchev–Trinajstić information content (AvgIpc) is 2.79. The Kier molecular flexibility index (Phi) is 4.51. The van der Waals surface area contributed by atoms with E-state index in [1.807, 2.05) is 25.1 Å². The summed E-state index contributed by atoms with van der Waals surface area (Å²) in [6.07, 6.45) is 4.03. The Bertz CT molecular complexity index is 665. The van der Waals surface area contributed by atoms with Crippen LogP contribution in [-0.4, -0.2) is 28.9 Å². The van der Waals surface area contributed by atoms with Crippen molar-refractivity contribution in [3.05, 3.63) is 36.3 Å². The number of hydrogen-bond donors (Lipinski definition) is 1. The minimum Gasteiger partial charge on any atom is -0.271 e. The Morgan fingerprint density at radius 2 is 2.20 bits per heavy atom. The largest absolute Gasteiger partial charge is 0.271 e. The van der Waals surface area contributed by atoms with Crippen LogP contribution >= 0.6 is 0 Å². The first-order valence-corrected chi connectivity index (χ1v) is 8.07. The SMILES string of the molecule is CCCS(=O)(=O)NCc1cc(-c2cccnc2)nn1C. The fourth-order valence-corrected chi connectivity index (χ4v) is 2.90. The van der Waals surface area contributed by atoms with Crippen LogP contribution in [0.3, 0.4) is 0 Å². The number of aryl methyl sites for hydroxylation is 1. The summed E-state index contributed by atoms with van der Waals surface area (Å²) in [5.41, 5.74) is 2.50. The van der Waals surface area contributed by atoms with Gasteiger partial charge in [0.05, 0.1) is 23.7 Å². The Hall–Kier alpha value is -1.73. The molecule has 0 aromatic carbocycles. The van der Waals surface area contributed by atoms with Crippen molar-refractivity contribution in [1.82, 2.24) is 19.5 Å². The lowest BCUT2D eigenvalue weighted by Gasteiger charge is -2.05. The molecule has 0 saturated heterocycles. The van der Waals surface area contributed by atoms with Crippen molar-refractivity contribution in [3.63, 3.8) is 0 Å². The first-order valence-electron chi connectivity index (χ1n) is 6.42. The van der Waals surface area contributed by atoms with Crippen LogP contribution in [0.2, 0.25) is 0 Å². The van der Waals surface area contributed by atoms with Gasteiger partial charge in [0.2, 0.25) is 10.0 Å². The predicted octanol–water partition coefficient (Wildman–Crippen LogP) is 1.31. The van der Waals surface area contributed by atoms with Crippen molar-refractivity contribution in [3.8, 4) is 11.3 Å². The van der Waals surface area contributed by atoms with E-state index in [-0.39, 0.29) is 12.3 Å². The van der Waals surface area contributed by atoms with Crippen molar-refractivity contribution in [2.75, 3.05) is 5.75 Å². The lowest BCUT2D eigenvalue weighted by atomic mass is 10.2. The molecule has 0 fully saturated rings. The molecule has 0 aliphatic rings. The summed E-state index contributed by atoms with van der Waals surface area (Å²) < 4.78 is 27.5. The second-order valence-electron chi connectivity index (χ2n) is 4.53. The Morgan fingerprint density at radius 1 is 1.40 bits per heavy atom. The van der Waals surface area contributed by atoms with Crippen molar-refractivity contribution in [1.29, 1.82) is 0 Å². The molecule has 0 aliphatic carbocycles. The van der Waals surface area contributed by atoms with Gasteiger partial charge in [0.15, 0.2) is 0 Å². The predicted molar refractivity (Wildman–Crippen MR) is 77.4 cm³/mol. The van der Waals surface area contributed by atoms with Gasteiger partial charge in [-0.15, -0.1) is 0 Å². The Morgan fingerprint density at radius 3 is 2.85 bits per heavy atom. The summed E-state index contributed by atoms with van der Waals surface area (Å²) in [7, 11) is -1.41. The van der Waals surface area contributed by atoms with E-state index in [9.17, 15) is 8.42 Å². The Labute approximate surface area is 118 Å². The monoisotopic (exact) mass is 294 g/mol. The molecule has 0 amide bonds. The molecule has 0 saturated carbocycles. The topological polar surface area (TPSA) is 76.9 Å². The summed E-state index contributed by atoms with van der Waals surface area (Å²) in [6, 6.07) is 5.62. The van der Waals surface area contributed by atoms with Crippen LogP contribution in [0.4, 0.5) is 0 Å². The standard InChI is InChI=1S/C13H18N4O2S/c1-3-7-20(18,19)15-10-12-8-13(16-17(12)2)11-5-4-6-14-9-11/h4-6,8-9,15H,3,7,10H2,1-2H3. The van der Waals surface area contributed by atoms with E-state index in [1.165, 1.54) is 0 Å². The van der Waals surface area contributed by atoms with Crippen molar-refractivity contribution < 1.29 is 8.42 Å². The molecule has 0 atom stereocenters. The van der Waals surface area contributed by atoms with E-state index in [1.54, 1.807) is 24.1 Å². The maximum absolute atomic E-state index is 11.6. The zero-order chi connectivity index (χ0) is 14.6. The molecule has 0 unspecified atom stereocenters. The number of nitrogens with zero attached hydrogens (tertiary/aromatic N) is 3. The fraction of sp³-hybridized carbons (Fsp3) is 0.385. The van der Waals surface area contributed by atoms with E-state index in [2.05, 4.69) is 14.8 Å². The number of rotatable bonds is 6. The third-order valence-corrected chi connectivity index (χ3v) is 4.41. The minimum atomic E-state index is -3.21. The molecule has 1 N–H and O–H groups in total. The zero-order valence-electron chi connectivity index (χ0n) is 11.6. The van der Waals surface area contributed by atoms with Crippen LogP contribution in [0.25, 0.3) is 11.3 Å². The maximum atomic E-state index is 11.6. The van der Waals surface area contributed by atoms with Gasteiger partial charge in [-0.3, -0.25) is 9.67 Å². The molecular weight excluding hydrogens is 276 g/mol. The van der Waals surface area contributed by atoms with Crippen LogP contribution in [0, 0.1) is 0 Å². The third kappa shape index (κ3) is 3.64. The van der Waals surface area contributed by atoms with Crippen molar-refractivity contribution >= 4 is 10.0 Å². The number of pyridine rings is 1. The second-order valence-corrected chi connectivity index (χ2v) is 6.45. The zero-order valence-corrected chi connectivity index (χ0v) is 12.4. The van der Waals surface area contributed by atoms with E-state index < -0.39 is 10.0 Å². The van der Waals surface area contributed by atoms with Gasteiger partial charge in [-0.2, -0.15) is 5.10 Å². The van der Waals surface area contributed by atoms with Crippen LogP contribution in [0.15, 0.2) is 30.6 Å². The highest BCUT2D eigenvalue weighted by Gasteiger charge is 2.12. The maximum Gasteiger partial charge on any atom is 0.211 e. The molecule has 0 spiro atoms. The quantitative estimate of drug-likeness (QED) is 0.871. The molecule has 2 heterocycles. The fourth-order valence-electron chi connectivity index (χ4n) is 1.85. The average molecular weight is 294 g/mol. The van der Waals surface area contributed by atoms with Crippen LogP contribution in [-0.2, 0) is 23.6 Å². The van der Waals surface area contributed by atoms with Crippen LogP contribution < -0.4 is 4.72 Å². The minimum absolute atomic E-state index is 0.139. The van der Waals surface area contributed by atoms with E-state index in [0.717, 1.165) is 17.0 Å². The van der Waals surface area contributed by atoms with Gasteiger partial charge in [-0.1, -0.05) is 6.92 Å². The molecule has 2 aromatic rings. The highest BCUT2D eigenvalue weighted by molar-refractivity contribution is 7.89. The lowest BCUT2D eigenvalue weighted by Crippen LogP contribution is -2.26. The van der Waals surface area contributed by atoms with Gasteiger partial charge >= 0.3 is 0 Å². The highest BCUT2D eigenvalue weighted by Crippen LogP contribution is 2.17. The van der Waals surface area contributed by atoms with E-state index in [4.69, 9.17) is 0 Å². The van der Waals surface area contributed by atoms with Gasteiger partial charge in [0, 0.05) is 25.0 Å². The van der Waals surface area contributed by atoms with Gasteiger partial charge in [0.25, 0.3) is 0 Å². The summed E-state index contributed by atoms with van der Waals surface area (Å²) in [5, 5.41) is 4.37. The first-order chi connectivity index (χ1) is 9.52. The second kappa shape index (κ2) is 6.15. The molecule has 2 aromatic heterocycles. The van der Waals surface area contributed by atoms with Crippen LogP contribution in [0.1, 0.15) is 19.0 Å². The molecular formula is C13H18N4O2S. The summed E-state index contributed by atoms with van der Waals surface area (Å²) in [5.74, 6) is 0.139. The van der Waals surface area contributed by atoms with Crippen molar-refractivity contribution in [2.24, 2.45) is 7.05 Å². The first kappa shape index (κ1) is 14.7. The molecule has 7 heteroatoms. The Balaban J connectivity index is 2.13. The van der Waals surface area contributed by atoms with E-state index >= 15 is 0 Å². The number of sulfonamides is 1. The van der Waals surface area contributed by atoms with E-state index in [0.29, 0.717) is 6.42 Å². The summed E-state index contributed by atoms with van der Waals surface area (Å²) >= 11 is 0. The molecule has 0 bridgehead atoms. The molecule has 6 nitrogen and oxygen atoms in total. The molecule has 0 radical (unpaired) electrons. The van der Waals surface area contributed by atoms with Gasteiger partial charge in [0.1, 0.15) is 0 Å². The van der Waals surface area contributed by atoms with Gasteiger partial charge in [-0.25, -0.2) is 13.1 Å². The summed E-state index contributed by atoms with van der Waals surface area (Å²) in [6.45, 7) is 2.08. The smallest absolute Gasteiger partial charge is 0.211 e. The molecule has 2 rings (SSSR count). The normalized spacial score (nSPS) is 11.7. The number of hydrogen-bond acceptors (Lipinski definition) is 4. The lowest BCUT2D eigenvalue weighted by molar-refractivity contribution is 0.576. The van der Waals surface area contributed by atoms with Crippen LogP contribution in [0.5, 0.6) is 0 Å². The van der Waals surface area contributed by atoms with Gasteiger partial charge < -0.3 is 0 Å². The molecule has 0 aliphatic heterocycles. The number of aromatic nitrogens is 3. The highest BCUT2D eigenvalue weighted by atomic mass is 32.2. The number of nitrogens with one attached hydrogen (secondary N) is 1.